The van der Waals surface area contributed by atoms with Gasteiger partial charge in [0.15, 0.2) is 0 Å². The number of benzene rings is 1. The second-order valence-corrected chi connectivity index (χ2v) is 7.87. The SMILES string of the molecule is Cc1cc(CNC(=O)N(C)C2CC(c3cccnn3)CC(F)(F)C2)c(F)cc1Cl. The summed E-state index contributed by atoms with van der Waals surface area (Å²) in [6.45, 7) is 1.67. The van der Waals surface area contributed by atoms with Crippen LogP contribution < -0.4 is 5.32 Å². The van der Waals surface area contributed by atoms with Gasteiger partial charge in [-0.15, -0.1) is 0 Å². The lowest BCUT2D eigenvalue weighted by Crippen LogP contribution is -2.48. The number of urea groups is 1. The third-order valence-corrected chi connectivity index (χ3v) is 5.68. The molecule has 0 spiro atoms. The van der Waals surface area contributed by atoms with Crippen LogP contribution in [0.5, 0.6) is 0 Å². The van der Waals surface area contributed by atoms with Crippen molar-refractivity contribution in [3.63, 3.8) is 0 Å². The van der Waals surface area contributed by atoms with Gasteiger partial charge in [-0.25, -0.2) is 18.0 Å². The number of nitrogens with zero attached hydrogens (tertiary/aromatic N) is 3. The van der Waals surface area contributed by atoms with Crippen molar-refractivity contribution in [1.29, 1.82) is 0 Å². The Hall–Kier alpha value is -2.35. The number of aromatic nitrogens is 2. The zero-order valence-electron chi connectivity index (χ0n) is 16.1. The molecule has 0 saturated heterocycles. The number of carbonyl (C=O) groups is 1. The average molecular weight is 427 g/mol. The minimum Gasteiger partial charge on any atom is -0.334 e. The number of rotatable bonds is 4. The number of nitrogens with one attached hydrogen (secondary N) is 1. The predicted molar refractivity (Wildman–Crippen MR) is 104 cm³/mol. The van der Waals surface area contributed by atoms with Gasteiger partial charge in [0.2, 0.25) is 0 Å². The molecule has 2 atom stereocenters. The number of alkyl halides is 2. The van der Waals surface area contributed by atoms with E-state index in [0.717, 1.165) is 0 Å². The van der Waals surface area contributed by atoms with Crippen molar-refractivity contribution in [3.05, 3.63) is 58.1 Å². The van der Waals surface area contributed by atoms with Gasteiger partial charge in [0.25, 0.3) is 5.92 Å². The largest absolute Gasteiger partial charge is 0.334 e. The minimum absolute atomic E-state index is 0.0658. The highest BCUT2D eigenvalue weighted by atomic mass is 35.5. The van der Waals surface area contributed by atoms with E-state index >= 15 is 0 Å². The van der Waals surface area contributed by atoms with Crippen molar-refractivity contribution in [3.8, 4) is 0 Å². The summed E-state index contributed by atoms with van der Waals surface area (Å²) in [5, 5.41) is 10.6. The maximum atomic E-state index is 14.3. The van der Waals surface area contributed by atoms with Gasteiger partial charge in [-0.05, 0) is 43.2 Å². The van der Waals surface area contributed by atoms with Gasteiger partial charge in [0.05, 0.1) is 5.69 Å². The molecule has 0 radical (unpaired) electrons. The highest BCUT2D eigenvalue weighted by molar-refractivity contribution is 6.31. The van der Waals surface area contributed by atoms with E-state index in [-0.39, 0.29) is 18.5 Å². The molecule has 2 unspecified atom stereocenters. The number of amides is 2. The average Bonchev–Trinajstić information content (AvgIpc) is 2.68. The Bertz CT molecular complexity index is 882. The molecule has 9 heteroatoms. The molecule has 1 aliphatic carbocycles. The van der Waals surface area contributed by atoms with Crippen LogP contribution in [0.1, 0.15) is 42.0 Å². The first-order chi connectivity index (χ1) is 13.7. The van der Waals surface area contributed by atoms with E-state index in [0.29, 0.717) is 22.7 Å². The van der Waals surface area contributed by atoms with Crippen LogP contribution in [0.4, 0.5) is 18.0 Å². The Labute approximate surface area is 172 Å². The second kappa shape index (κ2) is 8.57. The number of aryl methyl sites for hydroxylation is 1. The molecule has 1 heterocycles. The van der Waals surface area contributed by atoms with Crippen molar-refractivity contribution in [2.45, 2.75) is 50.6 Å². The smallest absolute Gasteiger partial charge is 0.317 e. The maximum Gasteiger partial charge on any atom is 0.317 e. The summed E-state index contributed by atoms with van der Waals surface area (Å²) < 4.78 is 42.7. The summed E-state index contributed by atoms with van der Waals surface area (Å²) in [6.07, 6.45) is 1.08. The lowest BCUT2D eigenvalue weighted by Gasteiger charge is -2.38. The summed E-state index contributed by atoms with van der Waals surface area (Å²) >= 11 is 5.88. The van der Waals surface area contributed by atoms with Gasteiger partial charge >= 0.3 is 6.03 Å². The predicted octanol–water partition coefficient (Wildman–Crippen LogP) is 4.69. The molecule has 1 N–H and O–H groups in total. The van der Waals surface area contributed by atoms with E-state index in [1.807, 2.05) is 0 Å². The summed E-state index contributed by atoms with van der Waals surface area (Å²) in [4.78, 5) is 13.8. The van der Waals surface area contributed by atoms with Gasteiger partial charge in [-0.2, -0.15) is 10.2 Å². The third kappa shape index (κ3) is 5.18. The van der Waals surface area contributed by atoms with Gasteiger partial charge in [-0.1, -0.05) is 11.6 Å². The molecule has 1 aliphatic rings. The standard InChI is InChI=1S/C20H22ClF3N4O/c1-12-6-14(17(22)8-16(12)21)11-25-19(29)28(2)15-7-13(9-20(23,24)10-15)18-4-3-5-26-27-18/h3-6,8,13,15H,7,9-11H2,1-2H3,(H,25,29). The maximum absolute atomic E-state index is 14.3. The molecule has 1 aromatic carbocycles. The van der Waals surface area contributed by atoms with Crippen LogP contribution >= 0.6 is 11.6 Å². The molecule has 5 nitrogen and oxygen atoms in total. The van der Waals surface area contributed by atoms with Crippen molar-refractivity contribution < 1.29 is 18.0 Å². The molecule has 1 aromatic heterocycles. The first kappa shape index (κ1) is 21.4. The van der Waals surface area contributed by atoms with E-state index in [1.54, 1.807) is 25.1 Å². The van der Waals surface area contributed by atoms with Gasteiger partial charge in [-0.3, -0.25) is 0 Å². The van der Waals surface area contributed by atoms with Crippen LogP contribution in [0.15, 0.2) is 30.5 Å². The van der Waals surface area contributed by atoms with Crippen molar-refractivity contribution in [2.75, 3.05) is 7.05 Å². The molecular formula is C20H22ClF3N4O. The summed E-state index contributed by atoms with van der Waals surface area (Å²) in [5.41, 5.74) is 1.45. The molecule has 1 saturated carbocycles. The fourth-order valence-corrected chi connectivity index (χ4v) is 3.80. The van der Waals surface area contributed by atoms with Crippen LogP contribution in [0.3, 0.4) is 0 Å². The fraction of sp³-hybridized carbons (Fsp3) is 0.450. The number of halogens is 4. The monoisotopic (exact) mass is 426 g/mol. The Morgan fingerprint density at radius 3 is 2.83 bits per heavy atom. The molecule has 0 aliphatic heterocycles. The first-order valence-electron chi connectivity index (χ1n) is 9.27. The van der Waals surface area contributed by atoms with Gasteiger partial charge in [0.1, 0.15) is 5.82 Å². The number of hydrogen-bond acceptors (Lipinski definition) is 3. The van der Waals surface area contributed by atoms with Crippen LogP contribution in [0.2, 0.25) is 5.02 Å². The van der Waals surface area contributed by atoms with E-state index in [1.165, 1.54) is 24.2 Å². The molecular weight excluding hydrogens is 405 g/mol. The minimum atomic E-state index is -2.92. The van der Waals surface area contributed by atoms with Crippen LogP contribution in [0, 0.1) is 12.7 Å². The molecule has 3 rings (SSSR count). The lowest BCUT2D eigenvalue weighted by molar-refractivity contribution is -0.0628. The van der Waals surface area contributed by atoms with Crippen molar-refractivity contribution >= 4 is 17.6 Å². The van der Waals surface area contributed by atoms with Gasteiger partial charge < -0.3 is 10.2 Å². The van der Waals surface area contributed by atoms with E-state index in [9.17, 15) is 18.0 Å². The van der Waals surface area contributed by atoms with Crippen LogP contribution in [0.25, 0.3) is 0 Å². The summed E-state index contributed by atoms with van der Waals surface area (Å²) in [6, 6.07) is 4.84. The van der Waals surface area contributed by atoms with E-state index in [4.69, 9.17) is 11.6 Å². The molecule has 0 bridgehead atoms. The number of carbonyl (C=O) groups excluding carboxylic acids is 1. The Kier molecular flexibility index (Phi) is 6.31. The van der Waals surface area contributed by atoms with Crippen molar-refractivity contribution in [1.82, 2.24) is 20.4 Å². The highest BCUT2D eigenvalue weighted by Gasteiger charge is 2.44. The number of hydrogen-bond donors (Lipinski definition) is 1. The lowest BCUT2D eigenvalue weighted by atomic mass is 9.80. The molecule has 156 valence electrons. The fourth-order valence-electron chi connectivity index (χ4n) is 3.65. The zero-order valence-corrected chi connectivity index (χ0v) is 16.9. The molecule has 2 amide bonds. The summed E-state index contributed by atoms with van der Waals surface area (Å²) in [7, 11) is 1.47. The highest BCUT2D eigenvalue weighted by Crippen LogP contribution is 2.42. The van der Waals surface area contributed by atoms with Crippen LogP contribution in [-0.4, -0.2) is 40.1 Å². The van der Waals surface area contributed by atoms with Gasteiger partial charge in [0, 0.05) is 55.2 Å². The quantitative estimate of drug-likeness (QED) is 0.771. The molecule has 29 heavy (non-hydrogen) atoms. The Morgan fingerprint density at radius 2 is 2.14 bits per heavy atom. The second-order valence-electron chi connectivity index (χ2n) is 7.46. The molecule has 2 aromatic rings. The Morgan fingerprint density at radius 1 is 1.38 bits per heavy atom. The first-order valence-corrected chi connectivity index (χ1v) is 9.64. The Balaban J connectivity index is 1.67. The zero-order chi connectivity index (χ0) is 21.2. The molecule has 1 fully saturated rings. The van der Waals surface area contributed by atoms with E-state index in [2.05, 4.69) is 15.5 Å². The third-order valence-electron chi connectivity index (χ3n) is 5.27. The topological polar surface area (TPSA) is 58.1 Å². The van der Waals surface area contributed by atoms with E-state index < -0.39 is 36.2 Å². The normalized spacial score (nSPS) is 20.9. The summed E-state index contributed by atoms with van der Waals surface area (Å²) in [5.74, 6) is -3.95. The van der Waals surface area contributed by atoms with Crippen molar-refractivity contribution in [2.24, 2.45) is 0 Å². The van der Waals surface area contributed by atoms with Crippen LogP contribution in [-0.2, 0) is 6.54 Å².